The minimum Gasteiger partial charge on any atom is -0.399 e. The lowest BCUT2D eigenvalue weighted by molar-refractivity contribution is -0.116. The molecule has 1 aromatic rings. The van der Waals surface area contributed by atoms with Gasteiger partial charge in [-0.15, -0.1) is 0 Å². The second-order valence-electron chi connectivity index (χ2n) is 5.60. The molecule has 0 fully saturated rings. The van der Waals surface area contributed by atoms with Gasteiger partial charge in [0, 0.05) is 17.8 Å². The quantitative estimate of drug-likeness (QED) is 0.539. The maximum absolute atomic E-state index is 11.9. The summed E-state index contributed by atoms with van der Waals surface area (Å²) in [6.45, 7) is 6.16. The zero-order valence-electron chi connectivity index (χ0n) is 13.1. The van der Waals surface area contributed by atoms with E-state index in [0.29, 0.717) is 6.42 Å². The third-order valence-corrected chi connectivity index (χ3v) is 3.58. The van der Waals surface area contributed by atoms with Crippen molar-refractivity contribution in [3.05, 3.63) is 23.3 Å². The average Bonchev–Trinajstić information content (AvgIpc) is 2.38. The fraction of sp³-hybridized carbons (Fsp3) is 0.588. The molecule has 0 spiro atoms. The van der Waals surface area contributed by atoms with Crippen LogP contribution >= 0.6 is 0 Å². The lowest BCUT2D eigenvalue weighted by atomic mass is 10.1. The van der Waals surface area contributed by atoms with Crippen LogP contribution in [0.2, 0.25) is 0 Å². The molecule has 0 aliphatic rings. The number of anilines is 2. The zero-order valence-corrected chi connectivity index (χ0v) is 13.1. The highest BCUT2D eigenvalue weighted by Crippen LogP contribution is 2.23. The van der Waals surface area contributed by atoms with Crippen LogP contribution in [-0.2, 0) is 4.79 Å². The lowest BCUT2D eigenvalue weighted by Gasteiger charge is -2.12. The number of nitrogens with one attached hydrogen (secondary N) is 1. The average molecular weight is 276 g/mol. The summed E-state index contributed by atoms with van der Waals surface area (Å²) >= 11 is 0. The number of amides is 1. The summed E-state index contributed by atoms with van der Waals surface area (Å²) in [5.41, 5.74) is 9.49. The molecule has 3 heteroatoms. The van der Waals surface area contributed by atoms with Crippen molar-refractivity contribution in [2.24, 2.45) is 0 Å². The van der Waals surface area contributed by atoms with Crippen LogP contribution in [0.1, 0.15) is 63.0 Å². The van der Waals surface area contributed by atoms with E-state index in [9.17, 15) is 4.79 Å². The SMILES string of the molecule is CCCCCCCCC(=O)Nc1c(C)cc(N)cc1C. The van der Waals surface area contributed by atoms with Gasteiger partial charge in [-0.1, -0.05) is 39.0 Å². The summed E-state index contributed by atoms with van der Waals surface area (Å²) in [5.74, 6) is 0.108. The Morgan fingerprint density at radius 2 is 1.60 bits per heavy atom. The molecule has 1 aromatic carbocycles. The Bertz CT molecular complexity index is 418. The molecule has 0 atom stereocenters. The van der Waals surface area contributed by atoms with Crippen LogP contribution in [0.25, 0.3) is 0 Å². The highest BCUT2D eigenvalue weighted by Gasteiger charge is 2.08. The third kappa shape index (κ3) is 5.64. The molecule has 1 rings (SSSR count). The van der Waals surface area contributed by atoms with Gasteiger partial charge < -0.3 is 11.1 Å². The second-order valence-corrected chi connectivity index (χ2v) is 5.60. The highest BCUT2D eigenvalue weighted by molar-refractivity contribution is 5.92. The predicted molar refractivity (Wildman–Crippen MR) is 87.0 cm³/mol. The van der Waals surface area contributed by atoms with Crippen molar-refractivity contribution in [3.8, 4) is 0 Å². The van der Waals surface area contributed by atoms with Gasteiger partial charge in [0.15, 0.2) is 0 Å². The molecule has 0 saturated heterocycles. The van der Waals surface area contributed by atoms with Crippen LogP contribution in [0.3, 0.4) is 0 Å². The fourth-order valence-corrected chi connectivity index (χ4v) is 2.46. The number of unbranched alkanes of at least 4 members (excludes halogenated alkanes) is 5. The van der Waals surface area contributed by atoms with Crippen molar-refractivity contribution in [1.29, 1.82) is 0 Å². The Hall–Kier alpha value is -1.51. The van der Waals surface area contributed by atoms with E-state index >= 15 is 0 Å². The van der Waals surface area contributed by atoms with Gasteiger partial charge in [-0.25, -0.2) is 0 Å². The first-order valence-electron chi connectivity index (χ1n) is 7.71. The van der Waals surface area contributed by atoms with Crippen LogP contribution in [-0.4, -0.2) is 5.91 Å². The number of aryl methyl sites for hydroxylation is 2. The zero-order chi connectivity index (χ0) is 15.0. The van der Waals surface area contributed by atoms with E-state index in [2.05, 4.69) is 12.2 Å². The van der Waals surface area contributed by atoms with Gasteiger partial charge in [0.25, 0.3) is 0 Å². The number of hydrogen-bond donors (Lipinski definition) is 2. The van der Waals surface area contributed by atoms with E-state index in [1.807, 2.05) is 26.0 Å². The first kappa shape index (κ1) is 16.5. The van der Waals surface area contributed by atoms with Gasteiger partial charge >= 0.3 is 0 Å². The molecule has 3 nitrogen and oxygen atoms in total. The largest absolute Gasteiger partial charge is 0.399 e. The van der Waals surface area contributed by atoms with E-state index in [-0.39, 0.29) is 5.91 Å². The molecule has 0 aromatic heterocycles. The van der Waals surface area contributed by atoms with E-state index in [1.165, 1.54) is 25.7 Å². The molecular weight excluding hydrogens is 248 g/mol. The topological polar surface area (TPSA) is 55.1 Å². The first-order chi connectivity index (χ1) is 9.54. The van der Waals surface area contributed by atoms with Crippen LogP contribution in [0.5, 0.6) is 0 Å². The van der Waals surface area contributed by atoms with Gasteiger partial charge in [0.05, 0.1) is 0 Å². The lowest BCUT2D eigenvalue weighted by Crippen LogP contribution is -2.13. The summed E-state index contributed by atoms with van der Waals surface area (Å²) in [5, 5.41) is 3.01. The van der Waals surface area contributed by atoms with E-state index in [0.717, 1.165) is 35.3 Å². The highest BCUT2D eigenvalue weighted by atomic mass is 16.1. The Kier molecular flexibility index (Phi) is 7.13. The van der Waals surface area contributed by atoms with E-state index in [4.69, 9.17) is 5.73 Å². The number of nitrogen functional groups attached to an aromatic ring is 1. The van der Waals surface area contributed by atoms with Gasteiger partial charge in [0.1, 0.15) is 0 Å². The van der Waals surface area contributed by atoms with Crippen molar-refractivity contribution in [2.45, 2.75) is 65.7 Å². The van der Waals surface area contributed by atoms with Gasteiger partial charge in [-0.3, -0.25) is 4.79 Å². The molecule has 0 saturated carbocycles. The van der Waals surface area contributed by atoms with Crippen molar-refractivity contribution in [3.63, 3.8) is 0 Å². The first-order valence-corrected chi connectivity index (χ1v) is 7.71. The number of carbonyl (C=O) groups is 1. The summed E-state index contributed by atoms with van der Waals surface area (Å²) in [6, 6.07) is 3.79. The van der Waals surface area contributed by atoms with Crippen LogP contribution in [0.4, 0.5) is 11.4 Å². The van der Waals surface area contributed by atoms with Gasteiger partial charge in [-0.2, -0.15) is 0 Å². The number of rotatable bonds is 8. The molecule has 20 heavy (non-hydrogen) atoms. The van der Waals surface area contributed by atoms with Gasteiger partial charge in [0.2, 0.25) is 5.91 Å². The van der Waals surface area contributed by atoms with Crippen LogP contribution in [0, 0.1) is 13.8 Å². The maximum Gasteiger partial charge on any atom is 0.224 e. The predicted octanol–water partition coefficient (Wildman–Crippen LogP) is 4.57. The molecule has 0 bridgehead atoms. The van der Waals surface area contributed by atoms with Gasteiger partial charge in [-0.05, 0) is 43.5 Å². The standard InChI is InChI=1S/C17H28N2O/c1-4-5-6-7-8-9-10-16(20)19-17-13(2)11-15(18)12-14(17)3/h11-12H,4-10,18H2,1-3H3,(H,19,20). The summed E-state index contributed by atoms with van der Waals surface area (Å²) in [4.78, 5) is 11.9. The smallest absolute Gasteiger partial charge is 0.224 e. The number of carbonyl (C=O) groups excluding carboxylic acids is 1. The molecule has 0 aliphatic heterocycles. The number of benzene rings is 1. The molecular formula is C17H28N2O. The maximum atomic E-state index is 11.9. The van der Waals surface area contributed by atoms with Crippen LogP contribution in [0.15, 0.2) is 12.1 Å². The molecule has 0 heterocycles. The molecule has 3 N–H and O–H groups in total. The Balaban J connectivity index is 2.36. The summed E-state index contributed by atoms with van der Waals surface area (Å²) in [6.07, 6.45) is 7.81. The molecule has 0 aliphatic carbocycles. The Morgan fingerprint density at radius 3 is 2.20 bits per heavy atom. The van der Waals surface area contributed by atoms with Crippen molar-refractivity contribution >= 4 is 17.3 Å². The minimum atomic E-state index is 0.108. The minimum absolute atomic E-state index is 0.108. The second kappa shape index (κ2) is 8.62. The normalized spacial score (nSPS) is 10.6. The Morgan fingerprint density at radius 1 is 1.05 bits per heavy atom. The summed E-state index contributed by atoms with van der Waals surface area (Å²) in [7, 11) is 0. The molecule has 112 valence electrons. The monoisotopic (exact) mass is 276 g/mol. The molecule has 0 radical (unpaired) electrons. The molecule has 0 unspecified atom stereocenters. The number of hydrogen-bond acceptors (Lipinski definition) is 2. The Labute approximate surface area is 122 Å². The third-order valence-electron chi connectivity index (χ3n) is 3.58. The molecule has 1 amide bonds. The van der Waals surface area contributed by atoms with Crippen molar-refractivity contribution < 1.29 is 4.79 Å². The van der Waals surface area contributed by atoms with Crippen molar-refractivity contribution in [1.82, 2.24) is 0 Å². The number of nitrogens with two attached hydrogens (primary N) is 1. The van der Waals surface area contributed by atoms with E-state index < -0.39 is 0 Å². The fourth-order valence-electron chi connectivity index (χ4n) is 2.46. The van der Waals surface area contributed by atoms with Crippen LogP contribution < -0.4 is 11.1 Å². The summed E-state index contributed by atoms with van der Waals surface area (Å²) < 4.78 is 0. The van der Waals surface area contributed by atoms with E-state index in [1.54, 1.807) is 0 Å². The van der Waals surface area contributed by atoms with Crippen molar-refractivity contribution in [2.75, 3.05) is 11.1 Å².